The molecule has 2 aromatic heterocycles. The quantitative estimate of drug-likeness (QED) is 0.557. The van der Waals surface area contributed by atoms with Gasteiger partial charge in [-0.2, -0.15) is 5.10 Å². The first-order chi connectivity index (χ1) is 12.2. The van der Waals surface area contributed by atoms with Gasteiger partial charge >= 0.3 is 0 Å². The molecule has 2 heterocycles. The van der Waals surface area contributed by atoms with Gasteiger partial charge in [0.2, 0.25) is 0 Å². The third-order valence-corrected chi connectivity index (χ3v) is 3.92. The van der Waals surface area contributed by atoms with Crippen molar-refractivity contribution in [1.29, 1.82) is 0 Å². The minimum atomic E-state index is -0.174. The summed E-state index contributed by atoms with van der Waals surface area (Å²) in [6, 6.07) is 22.1. The van der Waals surface area contributed by atoms with Crippen molar-refractivity contribution in [2.24, 2.45) is 0 Å². The van der Waals surface area contributed by atoms with Crippen LogP contribution in [0.3, 0.4) is 0 Å². The lowest BCUT2D eigenvalue weighted by atomic mass is 10.1. The van der Waals surface area contributed by atoms with Crippen LogP contribution in [0.4, 0.5) is 0 Å². The minimum Gasteiger partial charge on any atom is -0.504 e. The summed E-state index contributed by atoms with van der Waals surface area (Å²) in [7, 11) is 0. The van der Waals surface area contributed by atoms with Crippen molar-refractivity contribution in [2.45, 2.75) is 0 Å². The van der Waals surface area contributed by atoms with Crippen LogP contribution in [0.15, 0.2) is 79.0 Å². The summed E-state index contributed by atoms with van der Waals surface area (Å²) < 4.78 is 1.73. The molecule has 0 spiro atoms. The van der Waals surface area contributed by atoms with Gasteiger partial charge in [0.15, 0.2) is 17.3 Å². The normalized spacial score (nSPS) is 10.7. The number of hydrogen-bond acceptors (Lipinski definition) is 4. The Morgan fingerprint density at radius 2 is 1.52 bits per heavy atom. The van der Waals surface area contributed by atoms with Gasteiger partial charge in [0.1, 0.15) is 0 Å². The number of phenolic OH excluding ortho intramolecular Hbond substituents is 2. The van der Waals surface area contributed by atoms with Crippen LogP contribution in [0.25, 0.3) is 28.3 Å². The fraction of sp³-hybridized carbons (Fsp3) is 0. The van der Waals surface area contributed by atoms with Gasteiger partial charge in [-0.05, 0) is 36.4 Å². The van der Waals surface area contributed by atoms with Crippen LogP contribution in [0.5, 0.6) is 11.5 Å². The molecule has 0 bridgehead atoms. The summed E-state index contributed by atoms with van der Waals surface area (Å²) >= 11 is 0. The maximum Gasteiger partial charge on any atom is 0.158 e. The zero-order valence-corrected chi connectivity index (χ0v) is 13.2. The first kappa shape index (κ1) is 15.0. The standard InChI is InChI=1S/C20H15N3O2/c24-18-10-9-15(12-19(18)25)17-13-16(14-6-2-1-3-7-14)22-23(17)20-8-4-5-11-21-20/h1-13,24-25H. The molecule has 0 aliphatic heterocycles. The van der Waals surface area contributed by atoms with E-state index in [1.54, 1.807) is 16.9 Å². The Kier molecular flexibility index (Phi) is 3.67. The number of aromatic hydroxyl groups is 2. The molecule has 0 fully saturated rings. The number of aromatic nitrogens is 3. The number of rotatable bonds is 3. The highest BCUT2D eigenvalue weighted by Crippen LogP contribution is 2.33. The molecule has 0 amide bonds. The number of hydrogen-bond donors (Lipinski definition) is 2. The minimum absolute atomic E-state index is 0.157. The summed E-state index contributed by atoms with van der Waals surface area (Å²) in [5, 5.41) is 24.1. The van der Waals surface area contributed by atoms with Gasteiger partial charge in [-0.1, -0.05) is 36.4 Å². The Hall–Kier alpha value is -3.60. The average molecular weight is 329 g/mol. The molecule has 4 rings (SSSR count). The van der Waals surface area contributed by atoms with E-state index in [1.807, 2.05) is 54.6 Å². The van der Waals surface area contributed by atoms with Gasteiger partial charge in [-0.15, -0.1) is 0 Å². The molecule has 5 nitrogen and oxygen atoms in total. The lowest BCUT2D eigenvalue weighted by molar-refractivity contribution is 0.404. The molecule has 0 aliphatic rings. The molecule has 2 aromatic carbocycles. The number of benzene rings is 2. The lowest BCUT2D eigenvalue weighted by Crippen LogP contribution is -2.01. The van der Waals surface area contributed by atoms with Gasteiger partial charge < -0.3 is 10.2 Å². The highest BCUT2D eigenvalue weighted by atomic mass is 16.3. The molecule has 2 N–H and O–H groups in total. The molecule has 25 heavy (non-hydrogen) atoms. The maximum absolute atomic E-state index is 9.85. The molecular formula is C20H15N3O2. The van der Waals surface area contributed by atoms with Crippen molar-refractivity contribution >= 4 is 0 Å². The SMILES string of the molecule is Oc1ccc(-c2cc(-c3ccccc3)nn2-c2ccccn2)cc1O. The third kappa shape index (κ3) is 2.83. The second-order valence-electron chi connectivity index (χ2n) is 5.58. The van der Waals surface area contributed by atoms with E-state index < -0.39 is 0 Å². The van der Waals surface area contributed by atoms with Gasteiger partial charge in [0, 0.05) is 17.3 Å². The van der Waals surface area contributed by atoms with Crippen LogP contribution in [0.1, 0.15) is 0 Å². The van der Waals surface area contributed by atoms with Gasteiger partial charge in [0.25, 0.3) is 0 Å². The van der Waals surface area contributed by atoms with E-state index in [0.717, 1.165) is 22.5 Å². The van der Waals surface area contributed by atoms with E-state index in [2.05, 4.69) is 10.1 Å². The summed E-state index contributed by atoms with van der Waals surface area (Å²) in [6.07, 6.45) is 1.71. The van der Waals surface area contributed by atoms with Crippen molar-refractivity contribution in [1.82, 2.24) is 14.8 Å². The fourth-order valence-corrected chi connectivity index (χ4v) is 2.67. The average Bonchev–Trinajstić information content (AvgIpc) is 3.11. The third-order valence-electron chi connectivity index (χ3n) is 3.92. The van der Waals surface area contributed by atoms with E-state index in [1.165, 1.54) is 12.1 Å². The zero-order valence-electron chi connectivity index (χ0n) is 13.2. The Balaban J connectivity index is 1.92. The predicted molar refractivity (Wildman–Crippen MR) is 95.6 cm³/mol. The Labute approximate surface area is 144 Å². The molecule has 0 aliphatic carbocycles. The summed E-state index contributed by atoms with van der Waals surface area (Å²) in [5.74, 6) is 0.343. The first-order valence-electron chi connectivity index (χ1n) is 7.81. The first-order valence-corrected chi connectivity index (χ1v) is 7.81. The summed E-state index contributed by atoms with van der Waals surface area (Å²) in [6.45, 7) is 0. The van der Waals surface area contributed by atoms with Gasteiger partial charge in [0.05, 0.1) is 11.4 Å². The van der Waals surface area contributed by atoms with E-state index in [4.69, 9.17) is 0 Å². The molecule has 0 saturated carbocycles. The van der Waals surface area contributed by atoms with Gasteiger partial charge in [-0.3, -0.25) is 0 Å². The molecule has 5 heteroatoms. The van der Waals surface area contributed by atoms with Crippen molar-refractivity contribution < 1.29 is 10.2 Å². The monoisotopic (exact) mass is 329 g/mol. The van der Waals surface area contributed by atoms with E-state index in [0.29, 0.717) is 5.82 Å². The molecule has 0 atom stereocenters. The largest absolute Gasteiger partial charge is 0.504 e. The summed E-state index contributed by atoms with van der Waals surface area (Å²) in [4.78, 5) is 4.37. The molecule has 0 saturated heterocycles. The molecule has 0 unspecified atom stereocenters. The second-order valence-corrected chi connectivity index (χ2v) is 5.58. The molecule has 0 radical (unpaired) electrons. The van der Waals surface area contributed by atoms with Crippen molar-refractivity contribution in [2.75, 3.05) is 0 Å². The molecular weight excluding hydrogens is 314 g/mol. The van der Waals surface area contributed by atoms with Crippen LogP contribution in [-0.2, 0) is 0 Å². The van der Waals surface area contributed by atoms with E-state index >= 15 is 0 Å². The number of phenols is 2. The highest BCUT2D eigenvalue weighted by molar-refractivity contribution is 5.71. The number of nitrogens with zero attached hydrogens (tertiary/aromatic N) is 3. The van der Waals surface area contributed by atoms with Crippen LogP contribution in [0.2, 0.25) is 0 Å². The highest BCUT2D eigenvalue weighted by Gasteiger charge is 2.15. The number of pyridine rings is 1. The van der Waals surface area contributed by atoms with Crippen molar-refractivity contribution in [3.05, 3.63) is 79.0 Å². The zero-order chi connectivity index (χ0) is 17.2. The second kappa shape index (κ2) is 6.13. The Morgan fingerprint density at radius 3 is 2.24 bits per heavy atom. The van der Waals surface area contributed by atoms with Crippen molar-refractivity contribution in [3.8, 4) is 39.8 Å². The maximum atomic E-state index is 9.85. The van der Waals surface area contributed by atoms with Crippen LogP contribution >= 0.6 is 0 Å². The van der Waals surface area contributed by atoms with Crippen molar-refractivity contribution in [3.63, 3.8) is 0 Å². The lowest BCUT2D eigenvalue weighted by Gasteiger charge is -2.07. The molecule has 4 aromatic rings. The summed E-state index contributed by atoms with van der Waals surface area (Å²) in [5.41, 5.74) is 3.29. The van der Waals surface area contributed by atoms with Crippen LogP contribution in [0, 0.1) is 0 Å². The van der Waals surface area contributed by atoms with Crippen LogP contribution < -0.4 is 0 Å². The predicted octanol–water partition coefficient (Wildman–Crippen LogP) is 4.01. The van der Waals surface area contributed by atoms with Gasteiger partial charge in [-0.25, -0.2) is 9.67 Å². The smallest absolute Gasteiger partial charge is 0.158 e. The van der Waals surface area contributed by atoms with E-state index in [9.17, 15) is 10.2 Å². The van der Waals surface area contributed by atoms with Crippen LogP contribution in [-0.4, -0.2) is 25.0 Å². The Morgan fingerprint density at radius 1 is 0.720 bits per heavy atom. The molecule has 122 valence electrons. The fourth-order valence-electron chi connectivity index (χ4n) is 2.67. The Bertz CT molecular complexity index is 1010. The topological polar surface area (TPSA) is 71.2 Å². The van der Waals surface area contributed by atoms with E-state index in [-0.39, 0.29) is 11.5 Å².